The number of aryl methyl sites for hydroxylation is 1. The summed E-state index contributed by atoms with van der Waals surface area (Å²) in [6, 6.07) is 21.5. The van der Waals surface area contributed by atoms with Gasteiger partial charge in [0.15, 0.2) is 5.58 Å². The molecule has 1 heterocycles. The quantitative estimate of drug-likeness (QED) is 0.602. The summed E-state index contributed by atoms with van der Waals surface area (Å²) in [7, 11) is 0. The average molecular weight is 346 g/mol. The summed E-state index contributed by atoms with van der Waals surface area (Å²) in [5.41, 5.74) is 2.29. The molecule has 5 heteroatoms. The maximum absolute atomic E-state index is 12.2. The minimum Gasteiger partial charge on any atom is -0.408 e. The molecular weight excluding hydrogens is 328 g/mol. The molecule has 0 aliphatic heterocycles. The molecule has 26 heavy (non-hydrogen) atoms. The van der Waals surface area contributed by atoms with Crippen molar-refractivity contribution in [3.05, 3.63) is 82.8 Å². The number of nitrogens with zero attached hydrogens (tertiary/aromatic N) is 1. The van der Waals surface area contributed by atoms with Crippen LogP contribution in [-0.2, 0) is 17.9 Å². The van der Waals surface area contributed by atoms with Gasteiger partial charge in [-0.1, -0.05) is 48.5 Å². The van der Waals surface area contributed by atoms with Gasteiger partial charge in [-0.2, -0.15) is 0 Å². The lowest BCUT2D eigenvalue weighted by Crippen LogP contribution is -2.25. The Kier molecular flexibility index (Phi) is 4.27. The largest absolute Gasteiger partial charge is 0.419 e. The molecule has 4 rings (SSSR count). The van der Waals surface area contributed by atoms with E-state index in [2.05, 4.69) is 23.5 Å². The van der Waals surface area contributed by atoms with Gasteiger partial charge >= 0.3 is 5.76 Å². The van der Waals surface area contributed by atoms with Crippen LogP contribution < -0.4 is 11.1 Å². The Morgan fingerprint density at radius 3 is 2.62 bits per heavy atom. The molecule has 4 aromatic rings. The number of fused-ring (bicyclic) bond motifs is 2. The fourth-order valence-corrected chi connectivity index (χ4v) is 3.08. The highest BCUT2D eigenvalue weighted by molar-refractivity contribution is 5.83. The number of nitrogens with one attached hydrogen (secondary N) is 1. The first kappa shape index (κ1) is 16.1. The number of amides is 1. The third-order valence-electron chi connectivity index (χ3n) is 4.44. The van der Waals surface area contributed by atoms with Crippen molar-refractivity contribution < 1.29 is 9.21 Å². The van der Waals surface area contributed by atoms with Crippen LogP contribution in [-0.4, -0.2) is 10.5 Å². The van der Waals surface area contributed by atoms with Gasteiger partial charge in [0.2, 0.25) is 5.91 Å². The normalized spacial score (nSPS) is 11.1. The number of para-hydroxylation sites is 2. The lowest BCUT2D eigenvalue weighted by Gasteiger charge is -2.07. The fourth-order valence-electron chi connectivity index (χ4n) is 3.08. The highest BCUT2D eigenvalue weighted by Gasteiger charge is 2.10. The zero-order valence-electron chi connectivity index (χ0n) is 14.1. The van der Waals surface area contributed by atoms with E-state index in [0.717, 1.165) is 10.9 Å². The molecule has 3 aromatic carbocycles. The van der Waals surface area contributed by atoms with Gasteiger partial charge in [0.05, 0.1) is 5.52 Å². The molecule has 0 radical (unpaired) electrons. The first-order chi connectivity index (χ1) is 12.7. The summed E-state index contributed by atoms with van der Waals surface area (Å²) >= 11 is 0. The topological polar surface area (TPSA) is 64.2 Å². The number of hydrogen-bond acceptors (Lipinski definition) is 3. The Bertz CT molecular complexity index is 1140. The maximum atomic E-state index is 12.2. The van der Waals surface area contributed by atoms with Crippen LogP contribution in [0, 0.1) is 0 Å². The van der Waals surface area contributed by atoms with E-state index in [-0.39, 0.29) is 12.3 Å². The molecule has 130 valence electrons. The molecule has 0 aliphatic rings. The molecule has 1 N–H and O–H groups in total. The maximum Gasteiger partial charge on any atom is 0.419 e. The van der Waals surface area contributed by atoms with Crippen LogP contribution in [0.3, 0.4) is 0 Å². The highest BCUT2D eigenvalue weighted by atomic mass is 16.4. The van der Waals surface area contributed by atoms with Crippen LogP contribution in [0.1, 0.15) is 12.0 Å². The molecular formula is C21H18N2O3. The van der Waals surface area contributed by atoms with E-state index < -0.39 is 5.76 Å². The molecule has 0 saturated carbocycles. The van der Waals surface area contributed by atoms with Gasteiger partial charge < -0.3 is 9.73 Å². The molecule has 0 unspecified atom stereocenters. The van der Waals surface area contributed by atoms with Crippen LogP contribution in [0.25, 0.3) is 21.9 Å². The third kappa shape index (κ3) is 3.24. The van der Waals surface area contributed by atoms with Gasteiger partial charge in [0.25, 0.3) is 0 Å². The zero-order chi connectivity index (χ0) is 17.9. The summed E-state index contributed by atoms with van der Waals surface area (Å²) < 4.78 is 6.67. The number of oxazole rings is 1. The fraction of sp³-hybridized carbons (Fsp3) is 0.143. The minimum atomic E-state index is -0.437. The summed E-state index contributed by atoms with van der Waals surface area (Å²) in [5, 5.41) is 5.23. The molecule has 0 atom stereocenters. The van der Waals surface area contributed by atoms with Crippen molar-refractivity contribution in [1.29, 1.82) is 0 Å². The van der Waals surface area contributed by atoms with E-state index in [1.165, 1.54) is 9.95 Å². The predicted octanol–water partition coefficient (Wildman–Crippen LogP) is 3.45. The van der Waals surface area contributed by atoms with E-state index in [0.29, 0.717) is 24.2 Å². The smallest absolute Gasteiger partial charge is 0.408 e. The van der Waals surface area contributed by atoms with Crippen molar-refractivity contribution in [3.63, 3.8) is 0 Å². The van der Waals surface area contributed by atoms with Crippen LogP contribution in [0.2, 0.25) is 0 Å². The summed E-state index contributed by atoms with van der Waals surface area (Å²) in [5.74, 6) is -0.538. The van der Waals surface area contributed by atoms with Gasteiger partial charge in [0.1, 0.15) is 0 Å². The third-order valence-corrected chi connectivity index (χ3v) is 4.44. The Morgan fingerprint density at radius 1 is 0.962 bits per heavy atom. The van der Waals surface area contributed by atoms with Crippen molar-refractivity contribution in [3.8, 4) is 0 Å². The zero-order valence-corrected chi connectivity index (χ0v) is 14.1. The lowest BCUT2D eigenvalue weighted by molar-refractivity contribution is -0.121. The molecule has 0 bridgehead atoms. The van der Waals surface area contributed by atoms with Gasteiger partial charge in [-0.05, 0) is 34.5 Å². The molecule has 5 nitrogen and oxygen atoms in total. The first-order valence-electron chi connectivity index (χ1n) is 8.53. The van der Waals surface area contributed by atoms with Crippen LogP contribution in [0.4, 0.5) is 0 Å². The number of hydrogen-bond donors (Lipinski definition) is 1. The Morgan fingerprint density at radius 2 is 1.73 bits per heavy atom. The van der Waals surface area contributed by atoms with Gasteiger partial charge in [-0.3, -0.25) is 9.36 Å². The summed E-state index contributed by atoms with van der Waals surface area (Å²) in [6.45, 7) is 0.754. The van der Waals surface area contributed by atoms with Gasteiger partial charge in [-0.25, -0.2) is 4.79 Å². The van der Waals surface area contributed by atoms with Crippen molar-refractivity contribution >= 4 is 27.8 Å². The molecule has 1 aromatic heterocycles. The number of rotatable bonds is 5. The van der Waals surface area contributed by atoms with Crippen molar-refractivity contribution in [2.75, 3.05) is 0 Å². The van der Waals surface area contributed by atoms with Crippen LogP contribution in [0.15, 0.2) is 75.9 Å². The van der Waals surface area contributed by atoms with E-state index in [1.807, 2.05) is 42.5 Å². The highest BCUT2D eigenvalue weighted by Crippen LogP contribution is 2.15. The minimum absolute atomic E-state index is 0.102. The lowest BCUT2D eigenvalue weighted by atomic mass is 10.1. The summed E-state index contributed by atoms with van der Waals surface area (Å²) in [4.78, 5) is 24.1. The van der Waals surface area contributed by atoms with Crippen molar-refractivity contribution in [2.24, 2.45) is 0 Å². The number of benzene rings is 3. The van der Waals surface area contributed by atoms with E-state index in [1.54, 1.807) is 6.07 Å². The molecule has 0 saturated heterocycles. The molecule has 0 spiro atoms. The van der Waals surface area contributed by atoms with E-state index >= 15 is 0 Å². The van der Waals surface area contributed by atoms with E-state index in [9.17, 15) is 9.59 Å². The number of aromatic nitrogens is 1. The second-order valence-electron chi connectivity index (χ2n) is 6.20. The SMILES string of the molecule is O=C(CCn1c(=O)oc2ccccc21)NCc1ccc2ccccc2c1. The second-order valence-corrected chi connectivity index (χ2v) is 6.20. The van der Waals surface area contributed by atoms with Gasteiger partial charge in [-0.15, -0.1) is 0 Å². The van der Waals surface area contributed by atoms with Crippen LogP contribution in [0.5, 0.6) is 0 Å². The predicted molar refractivity (Wildman–Crippen MR) is 101 cm³/mol. The van der Waals surface area contributed by atoms with Gasteiger partial charge in [0, 0.05) is 19.5 Å². The molecule has 0 aliphatic carbocycles. The number of carbonyl (C=O) groups excluding carboxylic acids is 1. The average Bonchev–Trinajstić information content (AvgIpc) is 2.99. The Labute approximate surface area is 149 Å². The van der Waals surface area contributed by atoms with Crippen molar-refractivity contribution in [1.82, 2.24) is 9.88 Å². The van der Waals surface area contributed by atoms with E-state index in [4.69, 9.17) is 4.42 Å². The molecule has 0 fully saturated rings. The van der Waals surface area contributed by atoms with Crippen LogP contribution >= 0.6 is 0 Å². The van der Waals surface area contributed by atoms with Crippen molar-refractivity contribution in [2.45, 2.75) is 19.5 Å². The Hall–Kier alpha value is -3.34. The first-order valence-corrected chi connectivity index (χ1v) is 8.53. The summed E-state index contributed by atoms with van der Waals surface area (Å²) in [6.07, 6.45) is 0.219. The number of carbonyl (C=O) groups is 1. The second kappa shape index (κ2) is 6.88. The monoisotopic (exact) mass is 346 g/mol. The standard InChI is InChI=1S/C21H18N2O3/c24-20(11-12-23-18-7-3-4-8-19(18)26-21(23)25)22-14-15-9-10-16-5-1-2-6-17(16)13-15/h1-10,13H,11-12,14H2,(H,22,24). The Balaban J connectivity index is 1.39. The molecule has 1 amide bonds.